The highest BCUT2D eigenvalue weighted by atomic mass is 32.2. The van der Waals surface area contributed by atoms with Crippen molar-refractivity contribution in [3.8, 4) is 0 Å². The van der Waals surface area contributed by atoms with Crippen LogP contribution in [0, 0.1) is 0 Å². The molecule has 1 aromatic heterocycles. The number of rotatable bonds is 8. The van der Waals surface area contributed by atoms with Crippen LogP contribution in [0.3, 0.4) is 0 Å². The predicted molar refractivity (Wildman–Crippen MR) is 102 cm³/mol. The van der Waals surface area contributed by atoms with Crippen LogP contribution in [0.25, 0.3) is 0 Å². The maximum absolute atomic E-state index is 12.6. The molecule has 3 N–H and O–H groups in total. The number of nitrogens with one attached hydrogen (secondary N) is 1. The first-order valence-corrected chi connectivity index (χ1v) is 9.98. The zero-order valence-corrected chi connectivity index (χ0v) is 16.4. The third-order valence-electron chi connectivity index (χ3n) is 4.22. The van der Waals surface area contributed by atoms with Gasteiger partial charge in [0.2, 0.25) is 15.9 Å². The number of carbonyl (C=O) groups is 2. The van der Waals surface area contributed by atoms with Crippen molar-refractivity contribution in [3.63, 3.8) is 0 Å². The topological polar surface area (TPSA) is 114 Å². The zero-order valence-electron chi connectivity index (χ0n) is 15.6. The second kappa shape index (κ2) is 8.36. The van der Waals surface area contributed by atoms with E-state index < -0.39 is 21.8 Å². The van der Waals surface area contributed by atoms with E-state index in [1.807, 2.05) is 0 Å². The fraction of sp³-hybridized carbons (Fsp3) is 0.333. The van der Waals surface area contributed by atoms with Gasteiger partial charge in [-0.1, -0.05) is 26.0 Å². The molecule has 0 spiro atoms. The Bertz CT molecular complexity index is 946. The number of carbonyl (C=O) groups excluding carboxylic acids is 2. The van der Waals surface area contributed by atoms with Crippen molar-refractivity contribution >= 4 is 21.8 Å². The molecule has 0 saturated heterocycles. The van der Waals surface area contributed by atoms with Crippen molar-refractivity contribution in [1.29, 1.82) is 0 Å². The standard InChI is InChI=1S/C18H24N4O4S/c1-4-22(5-2)27(25,26)15-10-16(21(3)12-15)18(24)20-11-13-7-6-8-14(9-13)17(19)23/h6-10,12H,4-5,11H2,1-3H3,(H2,19,23)(H,20,24). The van der Waals surface area contributed by atoms with Gasteiger partial charge in [0.15, 0.2) is 0 Å². The van der Waals surface area contributed by atoms with Gasteiger partial charge in [0.25, 0.3) is 5.91 Å². The Morgan fingerprint density at radius 1 is 1.19 bits per heavy atom. The molecule has 0 aliphatic heterocycles. The molecule has 8 nitrogen and oxygen atoms in total. The van der Waals surface area contributed by atoms with Crippen molar-refractivity contribution < 1.29 is 18.0 Å². The third kappa shape index (κ3) is 4.55. The average Bonchev–Trinajstić information content (AvgIpc) is 3.03. The number of hydrogen-bond donors (Lipinski definition) is 2. The van der Waals surface area contributed by atoms with Crippen molar-refractivity contribution in [2.75, 3.05) is 13.1 Å². The molecular weight excluding hydrogens is 368 g/mol. The van der Waals surface area contributed by atoms with Crippen LogP contribution < -0.4 is 11.1 Å². The summed E-state index contributed by atoms with van der Waals surface area (Å²) in [4.78, 5) is 23.8. The van der Waals surface area contributed by atoms with Crippen LogP contribution in [0.15, 0.2) is 41.4 Å². The third-order valence-corrected chi connectivity index (χ3v) is 6.24. The fourth-order valence-electron chi connectivity index (χ4n) is 2.72. The summed E-state index contributed by atoms with van der Waals surface area (Å²) < 4.78 is 28.0. The maximum atomic E-state index is 12.6. The van der Waals surface area contributed by atoms with Crippen molar-refractivity contribution in [2.45, 2.75) is 25.3 Å². The van der Waals surface area contributed by atoms with E-state index in [0.29, 0.717) is 24.2 Å². The summed E-state index contributed by atoms with van der Waals surface area (Å²) in [6, 6.07) is 7.99. The highest BCUT2D eigenvalue weighted by Gasteiger charge is 2.25. The number of amides is 2. The van der Waals surface area contributed by atoms with Crippen LogP contribution in [0.4, 0.5) is 0 Å². The predicted octanol–water partition coefficient (Wildman–Crippen LogP) is 1.08. The van der Waals surface area contributed by atoms with Crippen molar-refractivity contribution in [2.24, 2.45) is 12.8 Å². The van der Waals surface area contributed by atoms with Gasteiger partial charge in [0.05, 0.1) is 0 Å². The van der Waals surface area contributed by atoms with E-state index >= 15 is 0 Å². The van der Waals surface area contributed by atoms with E-state index in [4.69, 9.17) is 5.73 Å². The van der Waals surface area contributed by atoms with Gasteiger partial charge in [-0.15, -0.1) is 0 Å². The number of aromatic nitrogens is 1. The Balaban J connectivity index is 2.17. The summed E-state index contributed by atoms with van der Waals surface area (Å²) in [6.07, 6.45) is 1.43. The molecule has 0 aliphatic rings. The Morgan fingerprint density at radius 3 is 2.44 bits per heavy atom. The monoisotopic (exact) mass is 392 g/mol. The van der Waals surface area contributed by atoms with E-state index in [-0.39, 0.29) is 17.1 Å². The molecule has 1 heterocycles. The molecule has 2 aromatic rings. The molecule has 2 rings (SSSR count). The highest BCUT2D eigenvalue weighted by Crippen LogP contribution is 2.18. The molecule has 0 fully saturated rings. The van der Waals surface area contributed by atoms with Gasteiger partial charge in [0, 0.05) is 38.4 Å². The van der Waals surface area contributed by atoms with Crippen LogP contribution in [0.5, 0.6) is 0 Å². The molecule has 0 atom stereocenters. The molecule has 0 unspecified atom stereocenters. The second-order valence-corrected chi connectivity index (χ2v) is 7.95. The first kappa shape index (κ1) is 20.7. The van der Waals surface area contributed by atoms with E-state index in [1.54, 1.807) is 45.2 Å². The molecule has 1 aromatic carbocycles. The van der Waals surface area contributed by atoms with E-state index in [0.717, 1.165) is 0 Å². The number of aryl methyl sites for hydroxylation is 1. The molecule has 2 amide bonds. The normalized spacial score (nSPS) is 11.6. The quantitative estimate of drug-likeness (QED) is 0.700. The Hall–Kier alpha value is -2.65. The van der Waals surface area contributed by atoms with Crippen LogP contribution in [0.1, 0.15) is 40.3 Å². The number of benzene rings is 1. The molecule has 146 valence electrons. The average molecular weight is 392 g/mol. The minimum absolute atomic E-state index is 0.0783. The first-order valence-electron chi connectivity index (χ1n) is 8.54. The van der Waals surface area contributed by atoms with Crippen molar-refractivity contribution in [1.82, 2.24) is 14.2 Å². The second-order valence-electron chi connectivity index (χ2n) is 6.01. The number of sulfonamides is 1. The van der Waals surface area contributed by atoms with Crippen LogP contribution >= 0.6 is 0 Å². The summed E-state index contributed by atoms with van der Waals surface area (Å²) in [5.74, 6) is -0.958. The summed E-state index contributed by atoms with van der Waals surface area (Å²) in [6.45, 7) is 4.41. The summed E-state index contributed by atoms with van der Waals surface area (Å²) in [7, 11) is -2.02. The summed E-state index contributed by atoms with van der Waals surface area (Å²) in [5, 5.41) is 2.72. The van der Waals surface area contributed by atoms with Gasteiger partial charge in [-0.25, -0.2) is 8.42 Å². The van der Waals surface area contributed by atoms with Gasteiger partial charge in [0.1, 0.15) is 10.6 Å². The Labute approximate surface area is 159 Å². The van der Waals surface area contributed by atoms with Gasteiger partial charge >= 0.3 is 0 Å². The molecule has 0 bridgehead atoms. The minimum atomic E-state index is -3.64. The Kier molecular flexibility index (Phi) is 6.40. The zero-order chi connectivity index (χ0) is 20.2. The first-order chi connectivity index (χ1) is 12.7. The lowest BCUT2D eigenvalue weighted by Gasteiger charge is -2.17. The minimum Gasteiger partial charge on any atom is -0.366 e. The molecule has 9 heteroatoms. The van der Waals surface area contributed by atoms with Gasteiger partial charge in [-0.05, 0) is 23.8 Å². The summed E-state index contributed by atoms with van der Waals surface area (Å²) in [5.41, 5.74) is 6.55. The van der Waals surface area contributed by atoms with Crippen molar-refractivity contribution in [3.05, 3.63) is 53.3 Å². The van der Waals surface area contributed by atoms with Gasteiger partial charge in [-0.3, -0.25) is 9.59 Å². The van der Waals surface area contributed by atoms with E-state index in [1.165, 1.54) is 21.1 Å². The maximum Gasteiger partial charge on any atom is 0.268 e. The van der Waals surface area contributed by atoms with Crippen LogP contribution in [-0.4, -0.2) is 42.2 Å². The molecule has 27 heavy (non-hydrogen) atoms. The van der Waals surface area contributed by atoms with Crippen LogP contribution in [-0.2, 0) is 23.6 Å². The SMILES string of the molecule is CCN(CC)S(=O)(=O)c1cc(C(=O)NCc2cccc(C(N)=O)c2)n(C)c1. The smallest absolute Gasteiger partial charge is 0.268 e. The van der Waals surface area contributed by atoms with Crippen LogP contribution in [0.2, 0.25) is 0 Å². The lowest BCUT2D eigenvalue weighted by atomic mass is 10.1. The lowest BCUT2D eigenvalue weighted by Crippen LogP contribution is -2.30. The number of nitrogens with zero attached hydrogens (tertiary/aromatic N) is 2. The molecule has 0 saturated carbocycles. The number of nitrogens with two attached hydrogens (primary N) is 1. The molecule has 0 radical (unpaired) electrons. The lowest BCUT2D eigenvalue weighted by molar-refractivity contribution is 0.0942. The molecule has 0 aliphatic carbocycles. The number of hydrogen-bond acceptors (Lipinski definition) is 4. The van der Waals surface area contributed by atoms with E-state index in [9.17, 15) is 18.0 Å². The van der Waals surface area contributed by atoms with Gasteiger partial charge in [-0.2, -0.15) is 4.31 Å². The van der Waals surface area contributed by atoms with Gasteiger partial charge < -0.3 is 15.6 Å². The fourth-order valence-corrected chi connectivity index (χ4v) is 4.25. The largest absolute Gasteiger partial charge is 0.366 e. The Morgan fingerprint density at radius 2 is 1.85 bits per heavy atom. The highest BCUT2D eigenvalue weighted by molar-refractivity contribution is 7.89. The summed E-state index contributed by atoms with van der Waals surface area (Å²) >= 11 is 0. The molecular formula is C18H24N4O4S. The van der Waals surface area contributed by atoms with E-state index in [2.05, 4.69) is 5.32 Å². The number of primary amides is 1.